The molecular formula is C14H23F2N3O4. The summed E-state index contributed by atoms with van der Waals surface area (Å²) < 4.78 is 24.0. The van der Waals surface area contributed by atoms with Crippen LogP contribution < -0.4 is 10.9 Å². The number of nitrogens with zero attached hydrogens (tertiary/aromatic N) is 1. The average Bonchev–Trinajstić information content (AvgIpc) is 2.43. The predicted molar refractivity (Wildman–Crippen MR) is 77.7 cm³/mol. The van der Waals surface area contributed by atoms with Crippen LogP contribution in [0.4, 0.5) is 13.6 Å². The van der Waals surface area contributed by atoms with E-state index in [0.717, 1.165) is 0 Å². The van der Waals surface area contributed by atoms with Gasteiger partial charge in [0, 0.05) is 17.5 Å². The van der Waals surface area contributed by atoms with Crippen molar-refractivity contribution < 1.29 is 28.3 Å². The number of hydrazine groups is 1. The monoisotopic (exact) mass is 335 g/mol. The molecule has 3 amide bonds. The first-order valence-corrected chi connectivity index (χ1v) is 7.44. The van der Waals surface area contributed by atoms with E-state index in [2.05, 4.69) is 0 Å². The van der Waals surface area contributed by atoms with Gasteiger partial charge < -0.3 is 10.0 Å². The number of nitrogens with one attached hydrogen (secondary N) is 2. The lowest BCUT2D eigenvalue weighted by Crippen LogP contribution is -2.53. The van der Waals surface area contributed by atoms with E-state index in [1.807, 2.05) is 5.43 Å². The minimum Gasteiger partial charge on any atom is -0.465 e. The molecule has 0 radical (unpaired) electrons. The van der Waals surface area contributed by atoms with Crippen molar-refractivity contribution in [2.24, 2.45) is 5.92 Å². The molecule has 23 heavy (non-hydrogen) atoms. The lowest BCUT2D eigenvalue weighted by atomic mass is 9.83. The second kappa shape index (κ2) is 7.56. The van der Waals surface area contributed by atoms with Gasteiger partial charge in [0.1, 0.15) is 0 Å². The first kappa shape index (κ1) is 19.1. The summed E-state index contributed by atoms with van der Waals surface area (Å²) in [6.45, 7) is 5.42. The van der Waals surface area contributed by atoms with Crippen LogP contribution in [0.25, 0.3) is 0 Å². The van der Waals surface area contributed by atoms with Crippen molar-refractivity contribution in [2.75, 3.05) is 0 Å². The molecule has 3 N–H and O–H groups in total. The SMILES string of the molecule is CC(C)(C)N(C(=O)O)[C@H]1CC[C@H](C(=O)NNC(=O)C(F)F)CC1. The highest BCUT2D eigenvalue weighted by atomic mass is 19.3. The van der Waals surface area contributed by atoms with Gasteiger partial charge in [-0.05, 0) is 46.5 Å². The molecule has 0 heterocycles. The van der Waals surface area contributed by atoms with Gasteiger partial charge in [-0.25, -0.2) is 4.79 Å². The lowest BCUT2D eigenvalue weighted by molar-refractivity contribution is -0.137. The van der Waals surface area contributed by atoms with Crippen LogP contribution in [0.1, 0.15) is 46.5 Å². The Labute approximate surface area is 133 Å². The van der Waals surface area contributed by atoms with Gasteiger partial charge in [-0.3, -0.25) is 20.4 Å². The third-order valence-electron chi connectivity index (χ3n) is 3.87. The molecule has 0 aromatic rings. The molecule has 1 saturated carbocycles. The molecule has 0 aliphatic heterocycles. The molecule has 1 aliphatic rings. The van der Waals surface area contributed by atoms with Gasteiger partial charge in [0.2, 0.25) is 5.91 Å². The van der Waals surface area contributed by atoms with E-state index >= 15 is 0 Å². The molecule has 9 heteroatoms. The summed E-state index contributed by atoms with van der Waals surface area (Å²) in [6.07, 6.45) is -2.33. The number of halogens is 2. The van der Waals surface area contributed by atoms with Gasteiger partial charge in [-0.2, -0.15) is 8.78 Å². The van der Waals surface area contributed by atoms with Crippen molar-refractivity contribution in [3.05, 3.63) is 0 Å². The summed E-state index contributed by atoms with van der Waals surface area (Å²) in [4.78, 5) is 35.4. The maximum absolute atomic E-state index is 12.0. The third kappa shape index (κ3) is 5.33. The van der Waals surface area contributed by atoms with Crippen molar-refractivity contribution in [2.45, 2.75) is 64.5 Å². The second-order valence-corrected chi connectivity index (χ2v) is 6.61. The van der Waals surface area contributed by atoms with Crippen molar-refractivity contribution in [1.29, 1.82) is 0 Å². The van der Waals surface area contributed by atoms with Crippen molar-refractivity contribution in [3.63, 3.8) is 0 Å². The summed E-state index contributed by atoms with van der Waals surface area (Å²) in [7, 11) is 0. The molecule has 0 atom stereocenters. The van der Waals surface area contributed by atoms with E-state index in [4.69, 9.17) is 0 Å². The standard InChI is InChI=1S/C14H23F2N3O4/c1-14(2,3)19(13(22)23)9-6-4-8(5-7-9)11(20)17-18-12(21)10(15)16/h8-10H,4-7H2,1-3H3,(H,17,20)(H,18,21)(H,22,23)/t8-,9-. The molecule has 0 spiro atoms. The zero-order chi connectivity index (χ0) is 17.8. The highest BCUT2D eigenvalue weighted by molar-refractivity contribution is 5.84. The fourth-order valence-electron chi connectivity index (χ4n) is 2.87. The molecule has 0 bridgehead atoms. The largest absolute Gasteiger partial charge is 0.465 e. The maximum Gasteiger partial charge on any atom is 0.407 e. The van der Waals surface area contributed by atoms with E-state index in [1.54, 1.807) is 26.2 Å². The van der Waals surface area contributed by atoms with Crippen LogP contribution >= 0.6 is 0 Å². The van der Waals surface area contributed by atoms with E-state index < -0.39 is 35.8 Å². The topological polar surface area (TPSA) is 98.7 Å². The summed E-state index contributed by atoms with van der Waals surface area (Å²) >= 11 is 0. The van der Waals surface area contributed by atoms with Crippen LogP contribution in [0, 0.1) is 5.92 Å². The Hall–Kier alpha value is -1.93. The van der Waals surface area contributed by atoms with Crippen molar-refractivity contribution >= 4 is 17.9 Å². The van der Waals surface area contributed by atoms with Crippen LogP contribution in [-0.4, -0.2) is 45.9 Å². The number of hydrogen-bond acceptors (Lipinski definition) is 3. The number of amides is 3. The number of hydrogen-bond donors (Lipinski definition) is 3. The molecule has 0 saturated heterocycles. The molecule has 0 unspecified atom stereocenters. The predicted octanol–water partition coefficient (Wildman–Crippen LogP) is 1.74. The summed E-state index contributed by atoms with van der Waals surface area (Å²) in [5.41, 5.74) is 3.10. The zero-order valence-electron chi connectivity index (χ0n) is 13.4. The van der Waals surface area contributed by atoms with E-state index in [-0.39, 0.29) is 6.04 Å². The van der Waals surface area contributed by atoms with Crippen LogP contribution in [0.2, 0.25) is 0 Å². The van der Waals surface area contributed by atoms with Crippen LogP contribution in [0.3, 0.4) is 0 Å². The molecule has 0 aromatic carbocycles. The smallest absolute Gasteiger partial charge is 0.407 e. The maximum atomic E-state index is 12.0. The number of carbonyl (C=O) groups excluding carboxylic acids is 2. The molecule has 0 aromatic heterocycles. The molecule has 132 valence electrons. The number of carboxylic acid groups (broad SMARTS) is 1. The Bertz CT molecular complexity index is 457. The van der Waals surface area contributed by atoms with Crippen LogP contribution in [-0.2, 0) is 9.59 Å². The number of alkyl halides is 2. The molecule has 1 fully saturated rings. The Morgan fingerprint density at radius 1 is 1.09 bits per heavy atom. The minimum atomic E-state index is -3.19. The molecule has 1 rings (SSSR count). The highest BCUT2D eigenvalue weighted by Crippen LogP contribution is 2.31. The lowest BCUT2D eigenvalue weighted by Gasteiger charge is -2.42. The Kier molecular flexibility index (Phi) is 6.28. The normalized spacial score (nSPS) is 21.7. The zero-order valence-corrected chi connectivity index (χ0v) is 13.4. The quantitative estimate of drug-likeness (QED) is 0.684. The summed E-state index contributed by atoms with van der Waals surface area (Å²) in [6, 6.07) is -0.188. The minimum absolute atomic E-state index is 0.188. The van der Waals surface area contributed by atoms with Gasteiger partial charge in [-0.1, -0.05) is 0 Å². The van der Waals surface area contributed by atoms with E-state index in [0.29, 0.717) is 25.7 Å². The average molecular weight is 335 g/mol. The van der Waals surface area contributed by atoms with Gasteiger partial charge >= 0.3 is 18.4 Å². The Balaban J connectivity index is 2.53. The van der Waals surface area contributed by atoms with Gasteiger partial charge in [-0.15, -0.1) is 0 Å². The first-order chi connectivity index (χ1) is 10.5. The summed E-state index contributed by atoms with van der Waals surface area (Å²) in [5.74, 6) is -2.52. The van der Waals surface area contributed by atoms with Crippen molar-refractivity contribution in [1.82, 2.24) is 15.8 Å². The molecular weight excluding hydrogens is 312 g/mol. The first-order valence-electron chi connectivity index (χ1n) is 7.44. The Morgan fingerprint density at radius 2 is 1.61 bits per heavy atom. The molecule has 7 nitrogen and oxygen atoms in total. The van der Waals surface area contributed by atoms with Gasteiger partial charge in [0.15, 0.2) is 0 Å². The fourth-order valence-corrected chi connectivity index (χ4v) is 2.87. The van der Waals surface area contributed by atoms with Crippen LogP contribution in [0.15, 0.2) is 0 Å². The fraction of sp³-hybridized carbons (Fsp3) is 0.786. The summed E-state index contributed by atoms with van der Waals surface area (Å²) in [5, 5.41) is 9.36. The second-order valence-electron chi connectivity index (χ2n) is 6.61. The van der Waals surface area contributed by atoms with Gasteiger partial charge in [0.25, 0.3) is 0 Å². The number of rotatable bonds is 3. The molecule has 1 aliphatic carbocycles. The van der Waals surface area contributed by atoms with E-state index in [9.17, 15) is 28.3 Å². The van der Waals surface area contributed by atoms with E-state index in [1.165, 1.54) is 4.90 Å². The third-order valence-corrected chi connectivity index (χ3v) is 3.87. The highest BCUT2D eigenvalue weighted by Gasteiger charge is 2.37. The van der Waals surface area contributed by atoms with Crippen molar-refractivity contribution in [3.8, 4) is 0 Å². The van der Waals surface area contributed by atoms with Crippen LogP contribution in [0.5, 0.6) is 0 Å². The van der Waals surface area contributed by atoms with Gasteiger partial charge in [0.05, 0.1) is 0 Å². The number of carbonyl (C=O) groups is 3. The Morgan fingerprint density at radius 3 is 2.00 bits per heavy atom.